The van der Waals surface area contributed by atoms with Gasteiger partial charge in [0.25, 0.3) is 5.56 Å². The van der Waals surface area contributed by atoms with Crippen LogP contribution in [-0.4, -0.2) is 14.5 Å². The Balaban J connectivity index is 1.71. The Morgan fingerprint density at radius 1 is 1.19 bits per heavy atom. The predicted octanol–water partition coefficient (Wildman–Crippen LogP) is 5.00. The van der Waals surface area contributed by atoms with E-state index in [1.807, 2.05) is 41.8 Å². The number of hydrogen-bond acceptors (Lipinski definition) is 5. The summed E-state index contributed by atoms with van der Waals surface area (Å²) in [5, 5.41) is 3.85. The molecule has 4 aromatic rings. The normalized spacial score (nSPS) is 11.2. The number of nitrogens with zero attached hydrogens (tertiary/aromatic N) is 3. The van der Waals surface area contributed by atoms with Crippen molar-refractivity contribution >= 4 is 44.9 Å². The van der Waals surface area contributed by atoms with Crippen molar-refractivity contribution in [3.8, 4) is 11.1 Å². The van der Waals surface area contributed by atoms with Crippen LogP contribution in [0.4, 0.5) is 0 Å². The van der Waals surface area contributed by atoms with E-state index in [0.29, 0.717) is 21.4 Å². The number of fused-ring (bicyclic) bond motifs is 1. The van der Waals surface area contributed by atoms with Crippen molar-refractivity contribution in [3.05, 3.63) is 75.1 Å². The molecule has 7 heteroatoms. The molecule has 3 aromatic heterocycles. The Labute approximate surface area is 163 Å². The van der Waals surface area contributed by atoms with Gasteiger partial charge in [-0.25, -0.2) is 9.97 Å². The van der Waals surface area contributed by atoms with E-state index in [1.165, 1.54) is 23.1 Å². The zero-order valence-electron chi connectivity index (χ0n) is 13.8. The molecular formula is C19H14ClN3OS2. The third-order valence-corrected chi connectivity index (χ3v) is 6.21. The van der Waals surface area contributed by atoms with Crippen molar-refractivity contribution in [2.45, 2.75) is 10.9 Å². The van der Waals surface area contributed by atoms with Crippen molar-refractivity contribution in [2.75, 3.05) is 0 Å². The van der Waals surface area contributed by atoms with Gasteiger partial charge in [0.2, 0.25) is 0 Å². The number of halogens is 1. The van der Waals surface area contributed by atoms with Crippen LogP contribution in [-0.2, 0) is 12.8 Å². The number of thiophene rings is 1. The second-order valence-corrected chi connectivity index (χ2v) is 7.92. The largest absolute Gasteiger partial charge is 0.290 e. The van der Waals surface area contributed by atoms with Crippen LogP contribution in [0.15, 0.2) is 64.0 Å². The fourth-order valence-corrected chi connectivity index (χ4v) is 4.66. The third-order valence-electron chi connectivity index (χ3n) is 4.02. The average molecular weight is 400 g/mol. The molecule has 0 aliphatic rings. The lowest BCUT2D eigenvalue weighted by Crippen LogP contribution is -2.19. The molecule has 1 aromatic carbocycles. The van der Waals surface area contributed by atoms with Gasteiger partial charge in [0.05, 0.1) is 5.39 Å². The molecule has 26 heavy (non-hydrogen) atoms. The van der Waals surface area contributed by atoms with Crippen LogP contribution in [0.1, 0.15) is 5.56 Å². The maximum atomic E-state index is 12.9. The van der Waals surface area contributed by atoms with Crippen LogP contribution in [0.3, 0.4) is 0 Å². The lowest BCUT2D eigenvalue weighted by molar-refractivity contribution is 0.728. The minimum Gasteiger partial charge on any atom is -0.290 e. The van der Waals surface area contributed by atoms with Gasteiger partial charge >= 0.3 is 0 Å². The van der Waals surface area contributed by atoms with Crippen molar-refractivity contribution in [1.29, 1.82) is 0 Å². The van der Waals surface area contributed by atoms with E-state index in [0.717, 1.165) is 21.5 Å². The predicted molar refractivity (Wildman–Crippen MR) is 109 cm³/mol. The Morgan fingerprint density at radius 2 is 2.00 bits per heavy atom. The van der Waals surface area contributed by atoms with E-state index in [2.05, 4.69) is 4.98 Å². The molecule has 0 aliphatic carbocycles. The number of pyridine rings is 1. The fraction of sp³-hybridized carbons (Fsp3) is 0.105. The highest BCUT2D eigenvalue weighted by atomic mass is 35.5. The summed E-state index contributed by atoms with van der Waals surface area (Å²) in [7, 11) is 1.77. The summed E-state index contributed by atoms with van der Waals surface area (Å²) in [4.78, 5) is 22.5. The van der Waals surface area contributed by atoms with Crippen LogP contribution in [0, 0.1) is 0 Å². The zero-order chi connectivity index (χ0) is 18.1. The SMILES string of the molecule is Cn1c(SCc2ccc(Cl)nc2)nc2scc(-c3ccccc3)c2c1=O. The number of aromatic nitrogens is 3. The maximum absolute atomic E-state index is 12.9. The number of benzene rings is 1. The first-order valence-corrected chi connectivity index (χ1v) is 10.1. The summed E-state index contributed by atoms with van der Waals surface area (Å²) in [5.41, 5.74) is 2.99. The Morgan fingerprint density at radius 3 is 2.73 bits per heavy atom. The van der Waals surface area contributed by atoms with Gasteiger partial charge in [0, 0.05) is 29.9 Å². The number of thioether (sulfide) groups is 1. The highest BCUT2D eigenvalue weighted by Crippen LogP contribution is 2.32. The summed E-state index contributed by atoms with van der Waals surface area (Å²) in [6.07, 6.45) is 1.74. The van der Waals surface area contributed by atoms with Gasteiger partial charge in [0.1, 0.15) is 9.98 Å². The summed E-state index contributed by atoms with van der Waals surface area (Å²) >= 11 is 8.84. The van der Waals surface area contributed by atoms with Crippen molar-refractivity contribution in [1.82, 2.24) is 14.5 Å². The highest BCUT2D eigenvalue weighted by molar-refractivity contribution is 7.98. The molecule has 0 N–H and O–H groups in total. The second kappa shape index (κ2) is 7.23. The zero-order valence-corrected chi connectivity index (χ0v) is 16.2. The molecule has 0 unspecified atom stereocenters. The fourth-order valence-electron chi connectivity index (χ4n) is 2.65. The first kappa shape index (κ1) is 17.3. The van der Waals surface area contributed by atoms with Crippen LogP contribution in [0.25, 0.3) is 21.3 Å². The molecule has 0 aliphatic heterocycles. The van der Waals surface area contributed by atoms with Gasteiger partial charge < -0.3 is 0 Å². The molecule has 0 atom stereocenters. The maximum Gasteiger partial charge on any atom is 0.263 e. The molecule has 0 saturated heterocycles. The highest BCUT2D eigenvalue weighted by Gasteiger charge is 2.15. The second-order valence-electron chi connectivity index (χ2n) is 5.73. The summed E-state index contributed by atoms with van der Waals surface area (Å²) in [6.45, 7) is 0. The van der Waals surface area contributed by atoms with Gasteiger partial charge in [-0.1, -0.05) is 59.8 Å². The van der Waals surface area contributed by atoms with Crippen LogP contribution in [0.2, 0.25) is 5.15 Å². The van der Waals surface area contributed by atoms with Gasteiger partial charge in [-0.05, 0) is 17.2 Å². The lowest BCUT2D eigenvalue weighted by atomic mass is 10.1. The molecule has 0 fully saturated rings. The van der Waals surface area contributed by atoms with Gasteiger partial charge in [-0.15, -0.1) is 11.3 Å². The van der Waals surface area contributed by atoms with E-state index in [4.69, 9.17) is 16.6 Å². The van der Waals surface area contributed by atoms with Crippen molar-refractivity contribution < 1.29 is 0 Å². The lowest BCUT2D eigenvalue weighted by Gasteiger charge is -2.08. The minimum atomic E-state index is -0.0214. The average Bonchev–Trinajstić information content (AvgIpc) is 3.09. The van der Waals surface area contributed by atoms with Crippen LogP contribution in [0.5, 0.6) is 0 Å². The Kier molecular flexibility index (Phi) is 4.80. The van der Waals surface area contributed by atoms with Crippen LogP contribution >= 0.6 is 34.7 Å². The Hall–Kier alpha value is -2.15. The monoisotopic (exact) mass is 399 g/mol. The third kappa shape index (κ3) is 3.28. The molecule has 0 amide bonds. The van der Waals surface area contributed by atoms with Gasteiger partial charge in [0.15, 0.2) is 5.16 Å². The number of hydrogen-bond donors (Lipinski definition) is 0. The molecule has 0 radical (unpaired) electrons. The smallest absolute Gasteiger partial charge is 0.263 e. The molecule has 3 heterocycles. The van der Waals surface area contributed by atoms with Crippen molar-refractivity contribution in [3.63, 3.8) is 0 Å². The van der Waals surface area contributed by atoms with Crippen LogP contribution < -0.4 is 5.56 Å². The molecule has 130 valence electrons. The van der Waals surface area contributed by atoms with Crippen molar-refractivity contribution in [2.24, 2.45) is 7.05 Å². The van der Waals surface area contributed by atoms with E-state index in [-0.39, 0.29) is 5.56 Å². The van der Waals surface area contributed by atoms with E-state index >= 15 is 0 Å². The summed E-state index contributed by atoms with van der Waals surface area (Å²) in [6, 6.07) is 13.6. The molecular weight excluding hydrogens is 386 g/mol. The number of rotatable bonds is 4. The molecule has 4 nitrogen and oxygen atoms in total. The summed E-state index contributed by atoms with van der Waals surface area (Å²) in [5.74, 6) is 0.673. The summed E-state index contributed by atoms with van der Waals surface area (Å²) < 4.78 is 1.62. The van der Waals surface area contributed by atoms with Gasteiger partial charge in [-0.2, -0.15) is 0 Å². The quantitative estimate of drug-likeness (QED) is 0.275. The van der Waals surface area contributed by atoms with Gasteiger partial charge in [-0.3, -0.25) is 9.36 Å². The molecule has 0 spiro atoms. The topological polar surface area (TPSA) is 47.8 Å². The standard InChI is InChI=1S/C19H14ClN3OS2/c1-23-18(24)16-14(13-5-3-2-4-6-13)11-25-17(16)22-19(23)26-10-12-7-8-15(20)21-9-12/h2-9,11H,10H2,1H3. The first-order valence-electron chi connectivity index (χ1n) is 7.90. The molecule has 4 rings (SSSR count). The molecule has 0 saturated carbocycles. The van der Waals surface area contributed by atoms with E-state index < -0.39 is 0 Å². The molecule has 0 bridgehead atoms. The Bertz CT molecular complexity index is 1120. The van der Waals surface area contributed by atoms with E-state index in [1.54, 1.807) is 23.9 Å². The first-order chi connectivity index (χ1) is 12.6. The minimum absolute atomic E-state index is 0.0214. The van der Waals surface area contributed by atoms with E-state index in [9.17, 15) is 4.79 Å².